The SMILES string of the molecule is CCCCCCCCCCC(CCCCCCC)C(CC)(CCCCCCCCCC)C(OC)(OC)OC. The largest absolute Gasteiger partial charge is 0.330 e. The third kappa shape index (κ3) is 14.5. The van der Waals surface area contributed by atoms with Crippen LogP contribution in [-0.4, -0.2) is 27.3 Å². The molecule has 0 aromatic heterocycles. The summed E-state index contributed by atoms with van der Waals surface area (Å²) in [5, 5.41) is 0. The molecule has 2 unspecified atom stereocenters. The van der Waals surface area contributed by atoms with Crippen molar-refractivity contribution in [3.05, 3.63) is 0 Å². The maximum Gasteiger partial charge on any atom is 0.288 e. The van der Waals surface area contributed by atoms with Crippen molar-refractivity contribution in [3.63, 3.8) is 0 Å². The van der Waals surface area contributed by atoms with Crippen molar-refractivity contribution < 1.29 is 14.2 Å². The summed E-state index contributed by atoms with van der Waals surface area (Å²) in [7, 11) is 5.37. The van der Waals surface area contributed by atoms with Crippen LogP contribution in [0.15, 0.2) is 0 Å². The van der Waals surface area contributed by atoms with Gasteiger partial charge in [0.15, 0.2) is 0 Å². The summed E-state index contributed by atoms with van der Waals surface area (Å²) in [5.74, 6) is -0.393. The minimum absolute atomic E-state index is 0.112. The van der Waals surface area contributed by atoms with Crippen LogP contribution in [0.2, 0.25) is 0 Å². The van der Waals surface area contributed by atoms with E-state index in [4.69, 9.17) is 14.2 Å². The number of hydrogen-bond acceptors (Lipinski definition) is 3. The zero-order chi connectivity index (χ0) is 28.4. The highest BCUT2D eigenvalue weighted by molar-refractivity contribution is 4.93. The van der Waals surface area contributed by atoms with E-state index in [1.165, 1.54) is 148 Å². The molecule has 3 nitrogen and oxygen atoms in total. The molecule has 3 heteroatoms. The number of rotatable bonds is 30. The third-order valence-electron chi connectivity index (χ3n) is 9.37. The number of ether oxygens (including phenoxy) is 3. The summed E-state index contributed by atoms with van der Waals surface area (Å²) in [6.07, 6.45) is 33.2. The second-order valence-corrected chi connectivity index (χ2v) is 12.1. The normalized spacial score (nSPS) is 14.6. The Morgan fingerprint density at radius 2 is 0.737 bits per heavy atom. The summed E-state index contributed by atoms with van der Waals surface area (Å²) in [4.78, 5) is 0. The van der Waals surface area contributed by atoms with Gasteiger partial charge in [0, 0.05) is 21.3 Å². The molecular formula is C35H72O3. The Hall–Kier alpha value is -0.120. The molecule has 0 saturated carbocycles. The molecule has 0 aliphatic rings. The Morgan fingerprint density at radius 3 is 1.05 bits per heavy atom. The summed E-state index contributed by atoms with van der Waals surface area (Å²) in [5.41, 5.74) is -0.112. The second kappa shape index (κ2) is 25.8. The minimum Gasteiger partial charge on any atom is -0.330 e. The lowest BCUT2D eigenvalue weighted by Crippen LogP contribution is -2.56. The molecule has 0 aromatic rings. The van der Waals surface area contributed by atoms with Gasteiger partial charge in [-0.2, -0.15) is 0 Å². The molecular weight excluding hydrogens is 468 g/mol. The summed E-state index contributed by atoms with van der Waals surface area (Å²) >= 11 is 0. The predicted octanol–water partition coefficient (Wildman–Crippen LogP) is 12.0. The lowest BCUT2D eigenvalue weighted by atomic mass is 9.64. The lowest BCUT2D eigenvalue weighted by molar-refractivity contribution is -0.419. The van der Waals surface area contributed by atoms with Crippen molar-refractivity contribution in [1.82, 2.24) is 0 Å². The van der Waals surface area contributed by atoms with Crippen molar-refractivity contribution in [3.8, 4) is 0 Å². The first-order chi connectivity index (χ1) is 18.6. The van der Waals surface area contributed by atoms with Crippen LogP contribution in [0.4, 0.5) is 0 Å². The molecule has 0 fully saturated rings. The smallest absolute Gasteiger partial charge is 0.288 e. The maximum atomic E-state index is 6.18. The van der Waals surface area contributed by atoms with E-state index in [9.17, 15) is 0 Å². The number of hydrogen-bond donors (Lipinski definition) is 0. The van der Waals surface area contributed by atoms with Crippen LogP contribution in [0, 0.1) is 11.3 Å². The van der Waals surface area contributed by atoms with Gasteiger partial charge < -0.3 is 14.2 Å². The van der Waals surface area contributed by atoms with Crippen molar-refractivity contribution >= 4 is 0 Å². The average molecular weight is 541 g/mol. The highest BCUT2D eigenvalue weighted by atomic mass is 16.9. The van der Waals surface area contributed by atoms with Crippen molar-refractivity contribution in [1.29, 1.82) is 0 Å². The Bertz CT molecular complexity index is 468. The standard InChI is InChI=1S/C35H72O3/c1-8-12-15-18-20-22-25-28-31-33(30-27-24-17-14-10-3)34(11-4,35(36-5,37-6)38-7)32-29-26-23-21-19-16-13-9-2/h33H,8-32H2,1-7H3. The molecule has 0 radical (unpaired) electrons. The number of unbranched alkanes of at least 4 members (excludes halogenated alkanes) is 18. The van der Waals surface area contributed by atoms with Gasteiger partial charge in [-0.1, -0.05) is 163 Å². The quantitative estimate of drug-likeness (QED) is 0.0669. The fraction of sp³-hybridized carbons (Fsp3) is 1.00. The van der Waals surface area contributed by atoms with E-state index in [1.807, 2.05) is 0 Å². The van der Waals surface area contributed by atoms with E-state index in [0.29, 0.717) is 5.92 Å². The molecule has 0 aliphatic carbocycles. The highest BCUT2D eigenvalue weighted by Crippen LogP contribution is 2.52. The van der Waals surface area contributed by atoms with Gasteiger partial charge in [-0.25, -0.2) is 0 Å². The molecule has 0 spiro atoms. The fourth-order valence-electron chi connectivity index (χ4n) is 6.94. The number of methoxy groups -OCH3 is 3. The van der Waals surface area contributed by atoms with E-state index in [0.717, 1.165) is 12.8 Å². The summed E-state index contributed by atoms with van der Waals surface area (Å²) in [6, 6.07) is 0. The van der Waals surface area contributed by atoms with Crippen molar-refractivity contribution in [2.24, 2.45) is 11.3 Å². The van der Waals surface area contributed by atoms with E-state index in [-0.39, 0.29) is 5.41 Å². The Labute approximate surface area is 240 Å². The van der Waals surface area contributed by atoms with Gasteiger partial charge in [-0.3, -0.25) is 0 Å². The summed E-state index contributed by atoms with van der Waals surface area (Å²) < 4.78 is 18.5. The molecule has 2 atom stereocenters. The first-order valence-electron chi connectivity index (χ1n) is 17.2. The van der Waals surface area contributed by atoms with Gasteiger partial charge in [0.25, 0.3) is 5.97 Å². The minimum atomic E-state index is -0.961. The maximum absolute atomic E-state index is 6.18. The van der Waals surface area contributed by atoms with E-state index in [1.54, 1.807) is 21.3 Å². The van der Waals surface area contributed by atoms with Crippen molar-refractivity contribution in [2.75, 3.05) is 21.3 Å². The molecule has 0 saturated heterocycles. The molecule has 230 valence electrons. The third-order valence-corrected chi connectivity index (χ3v) is 9.37. The predicted molar refractivity (Wildman–Crippen MR) is 168 cm³/mol. The van der Waals surface area contributed by atoms with Crippen molar-refractivity contribution in [2.45, 2.75) is 194 Å². The van der Waals surface area contributed by atoms with Crippen LogP contribution >= 0.6 is 0 Å². The fourth-order valence-corrected chi connectivity index (χ4v) is 6.94. The Balaban J connectivity index is 5.42. The van der Waals surface area contributed by atoms with Gasteiger partial charge in [-0.15, -0.1) is 0 Å². The first-order valence-corrected chi connectivity index (χ1v) is 17.2. The van der Waals surface area contributed by atoms with Gasteiger partial charge >= 0.3 is 0 Å². The van der Waals surface area contributed by atoms with E-state index in [2.05, 4.69) is 27.7 Å². The van der Waals surface area contributed by atoms with Crippen LogP contribution in [0.25, 0.3) is 0 Å². The lowest BCUT2D eigenvalue weighted by Gasteiger charge is -2.51. The van der Waals surface area contributed by atoms with Crippen LogP contribution in [0.3, 0.4) is 0 Å². The molecule has 0 heterocycles. The van der Waals surface area contributed by atoms with E-state index >= 15 is 0 Å². The monoisotopic (exact) mass is 541 g/mol. The Kier molecular flexibility index (Phi) is 25.7. The van der Waals surface area contributed by atoms with Gasteiger partial charge in [0.1, 0.15) is 0 Å². The van der Waals surface area contributed by atoms with Crippen LogP contribution < -0.4 is 0 Å². The van der Waals surface area contributed by atoms with Crippen LogP contribution in [0.5, 0.6) is 0 Å². The van der Waals surface area contributed by atoms with Gasteiger partial charge in [-0.05, 0) is 31.6 Å². The van der Waals surface area contributed by atoms with Gasteiger partial charge in [0.2, 0.25) is 0 Å². The molecule has 0 aliphatic heterocycles. The molecule has 38 heavy (non-hydrogen) atoms. The Morgan fingerprint density at radius 1 is 0.421 bits per heavy atom. The second-order valence-electron chi connectivity index (χ2n) is 12.1. The zero-order valence-electron chi connectivity index (χ0n) is 27.5. The van der Waals surface area contributed by atoms with Gasteiger partial charge in [0.05, 0.1) is 5.41 Å². The van der Waals surface area contributed by atoms with E-state index < -0.39 is 5.97 Å². The summed E-state index contributed by atoms with van der Waals surface area (Å²) in [6.45, 7) is 9.26. The average Bonchev–Trinajstić information content (AvgIpc) is 2.94. The highest BCUT2D eigenvalue weighted by Gasteiger charge is 2.56. The molecule has 0 rings (SSSR count). The molecule has 0 amide bonds. The topological polar surface area (TPSA) is 27.7 Å². The zero-order valence-corrected chi connectivity index (χ0v) is 27.5. The van der Waals surface area contributed by atoms with Crippen LogP contribution in [-0.2, 0) is 14.2 Å². The van der Waals surface area contributed by atoms with Crippen LogP contribution in [0.1, 0.15) is 188 Å². The molecule has 0 bridgehead atoms. The molecule has 0 aromatic carbocycles. The first kappa shape index (κ1) is 37.9. The molecule has 0 N–H and O–H groups in total.